The van der Waals surface area contributed by atoms with Crippen LogP contribution >= 0.6 is 11.3 Å². The minimum absolute atomic E-state index is 1.10. The Morgan fingerprint density at radius 2 is 0.759 bits per heavy atom. The number of fused-ring (bicyclic) bond motifs is 6. The van der Waals surface area contributed by atoms with E-state index < -0.39 is 0 Å². The summed E-state index contributed by atoms with van der Waals surface area (Å²) in [6.45, 7) is 0. The number of benzene rings is 9. The SMILES string of the molecule is c1ccc(N(c2ccccc2)c2ccc3sc4ccc(N(c5ccccc5)c5cccc(-c6ccc7c8ccccc8n(-c8ccccc8)c7c6)c5)cc4c3c2)cc1. The summed E-state index contributed by atoms with van der Waals surface area (Å²) >= 11 is 1.85. The number of rotatable bonds is 8. The Bertz CT molecular complexity index is 3190. The van der Waals surface area contributed by atoms with Crippen molar-refractivity contribution in [3.05, 3.63) is 224 Å². The highest BCUT2D eigenvalue weighted by Crippen LogP contribution is 2.44. The summed E-state index contributed by atoms with van der Waals surface area (Å²) in [5.41, 5.74) is 12.6. The zero-order valence-electron chi connectivity index (χ0n) is 31.6. The normalized spacial score (nSPS) is 11.4. The van der Waals surface area contributed by atoms with Gasteiger partial charge in [0.05, 0.1) is 11.0 Å². The Balaban J connectivity index is 1.04. The van der Waals surface area contributed by atoms with Gasteiger partial charge in [-0.3, -0.25) is 0 Å². The fraction of sp³-hybridized carbons (Fsp3) is 0. The van der Waals surface area contributed by atoms with Crippen molar-refractivity contribution in [1.82, 2.24) is 4.57 Å². The second-order valence-corrected chi connectivity index (χ2v) is 15.7. The van der Waals surface area contributed by atoms with Crippen molar-refractivity contribution in [1.29, 1.82) is 0 Å². The molecule has 2 heterocycles. The van der Waals surface area contributed by atoms with E-state index in [4.69, 9.17) is 0 Å². The first-order chi connectivity index (χ1) is 28.8. The van der Waals surface area contributed by atoms with Crippen LogP contribution in [0.25, 0.3) is 58.8 Å². The maximum atomic E-state index is 2.39. The number of thiophene rings is 1. The molecule has 0 saturated heterocycles. The van der Waals surface area contributed by atoms with E-state index in [1.807, 2.05) is 11.3 Å². The van der Waals surface area contributed by atoms with Crippen molar-refractivity contribution in [3.63, 3.8) is 0 Å². The molecule has 0 spiro atoms. The van der Waals surface area contributed by atoms with Crippen molar-refractivity contribution in [2.24, 2.45) is 0 Å². The standard InChI is InChI=1S/C54H37N3S/c1-5-17-40(18-6-1)55(41-19-7-2-8-20-41)45-29-32-53-49(36-45)50-37-46(30-33-54(50)58-53)56(42-21-9-3-10-22-42)44-25-15-16-38(34-44)39-28-31-48-47-26-13-14-27-51(47)57(52(48)35-39)43-23-11-4-12-24-43/h1-37H. The molecule has 0 saturated carbocycles. The van der Waals surface area contributed by atoms with Crippen LogP contribution in [0, 0.1) is 0 Å². The van der Waals surface area contributed by atoms with Gasteiger partial charge < -0.3 is 14.4 Å². The first-order valence-corrected chi connectivity index (χ1v) is 20.5. The third kappa shape index (κ3) is 5.90. The van der Waals surface area contributed by atoms with Crippen molar-refractivity contribution < 1.29 is 0 Å². The molecule has 11 aromatic rings. The molecule has 9 aromatic carbocycles. The molecule has 0 bridgehead atoms. The van der Waals surface area contributed by atoms with E-state index in [9.17, 15) is 0 Å². The Morgan fingerprint density at radius 3 is 1.36 bits per heavy atom. The Labute approximate surface area is 341 Å². The van der Waals surface area contributed by atoms with Crippen LogP contribution in [0.1, 0.15) is 0 Å². The number of nitrogens with zero attached hydrogens (tertiary/aromatic N) is 3. The van der Waals surface area contributed by atoms with Gasteiger partial charge in [-0.05, 0) is 120 Å². The van der Waals surface area contributed by atoms with Crippen molar-refractivity contribution in [2.75, 3.05) is 9.80 Å². The van der Waals surface area contributed by atoms with E-state index in [1.165, 1.54) is 53.1 Å². The average molecular weight is 760 g/mol. The second-order valence-electron chi connectivity index (χ2n) is 14.6. The largest absolute Gasteiger partial charge is 0.310 e. The third-order valence-electron chi connectivity index (χ3n) is 11.1. The molecular weight excluding hydrogens is 723 g/mol. The van der Waals surface area contributed by atoms with Crippen molar-refractivity contribution in [2.45, 2.75) is 0 Å². The van der Waals surface area contributed by atoms with Gasteiger partial charge in [0, 0.05) is 70.8 Å². The summed E-state index contributed by atoms with van der Waals surface area (Å²) < 4.78 is 4.93. The smallest absolute Gasteiger partial charge is 0.0547 e. The Hall–Kier alpha value is -7.40. The number of anilines is 6. The van der Waals surface area contributed by atoms with Crippen LogP contribution in [-0.2, 0) is 0 Å². The van der Waals surface area contributed by atoms with Crippen LogP contribution < -0.4 is 9.80 Å². The number of hydrogen-bond acceptors (Lipinski definition) is 3. The molecule has 4 heteroatoms. The molecule has 0 N–H and O–H groups in total. The molecule has 0 fully saturated rings. The predicted molar refractivity (Wildman–Crippen MR) is 248 cm³/mol. The molecule has 0 atom stereocenters. The quantitative estimate of drug-likeness (QED) is 0.153. The number of aromatic nitrogens is 1. The summed E-state index contributed by atoms with van der Waals surface area (Å²) in [5, 5.41) is 5.00. The first-order valence-electron chi connectivity index (χ1n) is 19.7. The number of hydrogen-bond donors (Lipinski definition) is 0. The molecular formula is C54H37N3S. The lowest BCUT2D eigenvalue weighted by Gasteiger charge is -2.26. The predicted octanol–water partition coefficient (Wildman–Crippen LogP) is 15.8. The van der Waals surface area contributed by atoms with Gasteiger partial charge in [-0.1, -0.05) is 115 Å². The van der Waals surface area contributed by atoms with Crippen LogP contribution in [0.4, 0.5) is 34.1 Å². The van der Waals surface area contributed by atoms with Crippen LogP contribution in [0.5, 0.6) is 0 Å². The molecule has 0 amide bonds. The van der Waals surface area contributed by atoms with Gasteiger partial charge in [0.2, 0.25) is 0 Å². The summed E-state index contributed by atoms with van der Waals surface area (Å²) in [6.07, 6.45) is 0. The summed E-state index contributed by atoms with van der Waals surface area (Å²) in [4.78, 5) is 4.72. The topological polar surface area (TPSA) is 11.4 Å². The highest BCUT2D eigenvalue weighted by Gasteiger charge is 2.19. The Morgan fingerprint density at radius 1 is 0.293 bits per heavy atom. The molecule has 3 nitrogen and oxygen atoms in total. The molecule has 11 rings (SSSR count). The van der Waals surface area contributed by atoms with Crippen LogP contribution in [0.3, 0.4) is 0 Å². The van der Waals surface area contributed by atoms with Crippen LogP contribution in [-0.4, -0.2) is 4.57 Å². The minimum Gasteiger partial charge on any atom is -0.310 e. The average Bonchev–Trinajstić information content (AvgIpc) is 3.83. The third-order valence-corrected chi connectivity index (χ3v) is 12.3. The zero-order valence-corrected chi connectivity index (χ0v) is 32.4. The van der Waals surface area contributed by atoms with Crippen LogP contribution in [0.15, 0.2) is 224 Å². The van der Waals surface area contributed by atoms with E-state index in [-0.39, 0.29) is 0 Å². The minimum atomic E-state index is 1.10. The molecule has 274 valence electrons. The van der Waals surface area contributed by atoms with Gasteiger partial charge in [-0.2, -0.15) is 0 Å². The van der Waals surface area contributed by atoms with Gasteiger partial charge in [0.15, 0.2) is 0 Å². The fourth-order valence-corrected chi connectivity index (χ4v) is 9.55. The van der Waals surface area contributed by atoms with Crippen LogP contribution in [0.2, 0.25) is 0 Å². The van der Waals surface area contributed by atoms with Gasteiger partial charge in [-0.15, -0.1) is 11.3 Å². The molecule has 0 aliphatic rings. The zero-order chi connectivity index (χ0) is 38.4. The van der Waals surface area contributed by atoms with Crippen molar-refractivity contribution >= 4 is 87.4 Å². The molecule has 0 radical (unpaired) electrons. The molecule has 0 aliphatic heterocycles. The molecule has 0 unspecified atom stereocenters. The van der Waals surface area contributed by atoms with Gasteiger partial charge in [-0.25, -0.2) is 0 Å². The highest BCUT2D eigenvalue weighted by molar-refractivity contribution is 7.25. The second kappa shape index (κ2) is 14.3. The summed E-state index contributed by atoms with van der Waals surface area (Å²) in [7, 11) is 0. The first kappa shape index (κ1) is 33.9. The monoisotopic (exact) mass is 759 g/mol. The van der Waals surface area contributed by atoms with Gasteiger partial charge >= 0.3 is 0 Å². The fourth-order valence-electron chi connectivity index (χ4n) is 8.49. The maximum Gasteiger partial charge on any atom is 0.0547 e. The van der Waals surface area contributed by atoms with E-state index in [0.29, 0.717) is 0 Å². The van der Waals surface area contributed by atoms with E-state index in [0.717, 1.165) is 39.8 Å². The van der Waals surface area contributed by atoms with E-state index >= 15 is 0 Å². The Kier molecular flexibility index (Phi) is 8.34. The number of para-hydroxylation sites is 5. The van der Waals surface area contributed by atoms with E-state index in [2.05, 4.69) is 239 Å². The molecule has 58 heavy (non-hydrogen) atoms. The van der Waals surface area contributed by atoms with Gasteiger partial charge in [0.25, 0.3) is 0 Å². The lowest BCUT2D eigenvalue weighted by molar-refractivity contribution is 1.18. The molecule has 2 aromatic heterocycles. The van der Waals surface area contributed by atoms with E-state index in [1.54, 1.807) is 0 Å². The highest BCUT2D eigenvalue weighted by atomic mass is 32.1. The lowest BCUT2D eigenvalue weighted by atomic mass is 10.0. The van der Waals surface area contributed by atoms with Crippen molar-refractivity contribution in [3.8, 4) is 16.8 Å². The molecule has 0 aliphatic carbocycles. The lowest BCUT2D eigenvalue weighted by Crippen LogP contribution is -2.10. The summed E-state index contributed by atoms with van der Waals surface area (Å²) in [5.74, 6) is 0. The van der Waals surface area contributed by atoms with Gasteiger partial charge in [0.1, 0.15) is 0 Å². The maximum absolute atomic E-state index is 2.39. The summed E-state index contributed by atoms with van der Waals surface area (Å²) in [6, 6.07) is 81.0.